The van der Waals surface area contributed by atoms with Crippen molar-refractivity contribution in [2.45, 2.75) is 32.9 Å². The van der Waals surface area contributed by atoms with E-state index in [4.69, 9.17) is 4.74 Å². The molecule has 0 unspecified atom stereocenters. The zero-order valence-corrected chi connectivity index (χ0v) is 10.2. The third-order valence-electron chi connectivity index (χ3n) is 2.30. The molecule has 0 aliphatic heterocycles. The fourth-order valence-corrected chi connectivity index (χ4v) is 1.33. The standard InChI is InChI=1S/C12H14F3NO2/c1-3-10(17)9-6-8(2)11(16-7-9)18-5-4-12(13,14)15/h6-7H,3-5H2,1-2H3. The van der Waals surface area contributed by atoms with Gasteiger partial charge in [-0.25, -0.2) is 4.98 Å². The monoisotopic (exact) mass is 261 g/mol. The molecule has 0 aliphatic rings. The fourth-order valence-electron chi connectivity index (χ4n) is 1.33. The van der Waals surface area contributed by atoms with E-state index in [2.05, 4.69) is 4.98 Å². The van der Waals surface area contributed by atoms with E-state index >= 15 is 0 Å². The molecule has 0 aromatic carbocycles. The first kappa shape index (κ1) is 14.5. The first-order valence-corrected chi connectivity index (χ1v) is 5.53. The summed E-state index contributed by atoms with van der Waals surface area (Å²) >= 11 is 0. The molecule has 0 bridgehead atoms. The number of alkyl halides is 3. The Kier molecular flexibility index (Phi) is 4.69. The van der Waals surface area contributed by atoms with E-state index in [1.54, 1.807) is 19.9 Å². The number of Topliss-reactive ketones (excluding diaryl/α,β-unsaturated/α-hetero) is 1. The molecule has 1 heterocycles. The van der Waals surface area contributed by atoms with Crippen LogP contribution in [0.25, 0.3) is 0 Å². The summed E-state index contributed by atoms with van der Waals surface area (Å²) in [6, 6.07) is 1.57. The molecule has 6 heteroatoms. The zero-order valence-electron chi connectivity index (χ0n) is 10.2. The molecule has 3 nitrogen and oxygen atoms in total. The van der Waals surface area contributed by atoms with E-state index in [0.717, 1.165) is 0 Å². The van der Waals surface area contributed by atoms with Crippen molar-refractivity contribution >= 4 is 5.78 Å². The normalized spacial score (nSPS) is 11.4. The van der Waals surface area contributed by atoms with Gasteiger partial charge in [0, 0.05) is 23.7 Å². The summed E-state index contributed by atoms with van der Waals surface area (Å²) in [4.78, 5) is 15.2. The number of hydrogen-bond acceptors (Lipinski definition) is 3. The molecule has 0 atom stereocenters. The van der Waals surface area contributed by atoms with Gasteiger partial charge in [-0.15, -0.1) is 0 Å². The van der Waals surface area contributed by atoms with E-state index < -0.39 is 19.2 Å². The number of carbonyl (C=O) groups excluding carboxylic acids is 1. The predicted octanol–water partition coefficient (Wildman–Crippen LogP) is 3.31. The van der Waals surface area contributed by atoms with Crippen LogP contribution in [0.2, 0.25) is 0 Å². The van der Waals surface area contributed by atoms with Gasteiger partial charge in [0.1, 0.15) is 0 Å². The minimum absolute atomic E-state index is 0.0626. The Balaban J connectivity index is 2.66. The van der Waals surface area contributed by atoms with Crippen LogP contribution in [0.1, 0.15) is 35.7 Å². The number of hydrogen-bond donors (Lipinski definition) is 0. The molecule has 1 aromatic rings. The summed E-state index contributed by atoms with van der Waals surface area (Å²) in [6.07, 6.45) is -3.59. The first-order valence-electron chi connectivity index (χ1n) is 5.53. The van der Waals surface area contributed by atoms with E-state index in [-0.39, 0.29) is 11.7 Å². The molecule has 100 valence electrons. The van der Waals surface area contributed by atoms with Crippen LogP contribution < -0.4 is 4.74 Å². The van der Waals surface area contributed by atoms with Gasteiger partial charge < -0.3 is 4.74 Å². The first-order chi connectivity index (χ1) is 8.33. The second kappa shape index (κ2) is 5.84. The Morgan fingerprint density at radius 1 is 1.44 bits per heavy atom. The summed E-state index contributed by atoms with van der Waals surface area (Å²) < 4.78 is 40.7. The van der Waals surface area contributed by atoms with Crippen LogP contribution in [0.3, 0.4) is 0 Å². The number of aryl methyl sites for hydroxylation is 1. The van der Waals surface area contributed by atoms with Crippen LogP contribution in [0.5, 0.6) is 5.88 Å². The maximum absolute atomic E-state index is 11.9. The van der Waals surface area contributed by atoms with E-state index in [0.29, 0.717) is 17.5 Å². The lowest BCUT2D eigenvalue weighted by molar-refractivity contribution is -0.139. The average molecular weight is 261 g/mol. The molecule has 0 amide bonds. The molecule has 0 aliphatic carbocycles. The van der Waals surface area contributed by atoms with Crippen molar-refractivity contribution in [3.05, 3.63) is 23.4 Å². The van der Waals surface area contributed by atoms with Crippen molar-refractivity contribution in [2.24, 2.45) is 0 Å². The molecule has 0 saturated heterocycles. The molecule has 0 spiro atoms. The molecule has 0 saturated carbocycles. The van der Waals surface area contributed by atoms with Crippen LogP contribution in [0.4, 0.5) is 13.2 Å². The minimum Gasteiger partial charge on any atom is -0.477 e. The van der Waals surface area contributed by atoms with Gasteiger partial charge in [-0.3, -0.25) is 4.79 Å². The summed E-state index contributed by atoms with van der Waals surface area (Å²) in [7, 11) is 0. The second-order valence-corrected chi connectivity index (χ2v) is 3.84. The third-order valence-corrected chi connectivity index (χ3v) is 2.30. The summed E-state index contributed by atoms with van der Waals surface area (Å²) in [5, 5.41) is 0. The molecule has 1 aromatic heterocycles. The van der Waals surface area contributed by atoms with Crippen molar-refractivity contribution in [3.63, 3.8) is 0 Å². The average Bonchev–Trinajstić information content (AvgIpc) is 2.28. The Labute approximate surface area is 103 Å². The highest BCUT2D eigenvalue weighted by Gasteiger charge is 2.27. The van der Waals surface area contributed by atoms with Gasteiger partial charge in [-0.2, -0.15) is 13.2 Å². The molecule has 0 N–H and O–H groups in total. The molecule has 1 rings (SSSR count). The van der Waals surface area contributed by atoms with Crippen LogP contribution in [-0.4, -0.2) is 23.6 Å². The van der Waals surface area contributed by atoms with Gasteiger partial charge in [0.25, 0.3) is 0 Å². The lowest BCUT2D eigenvalue weighted by atomic mass is 10.1. The van der Waals surface area contributed by atoms with E-state index in [1.165, 1.54) is 6.20 Å². The maximum atomic E-state index is 11.9. The van der Waals surface area contributed by atoms with Gasteiger partial charge in [0.15, 0.2) is 5.78 Å². The number of ether oxygens (including phenoxy) is 1. The van der Waals surface area contributed by atoms with Crippen molar-refractivity contribution in [1.29, 1.82) is 0 Å². The number of pyridine rings is 1. The van der Waals surface area contributed by atoms with Crippen molar-refractivity contribution in [2.75, 3.05) is 6.61 Å². The number of nitrogens with zero attached hydrogens (tertiary/aromatic N) is 1. The largest absolute Gasteiger partial charge is 0.477 e. The summed E-state index contributed by atoms with van der Waals surface area (Å²) in [5.74, 6) is 0.0688. The lowest BCUT2D eigenvalue weighted by Gasteiger charge is -2.10. The van der Waals surface area contributed by atoms with E-state index in [9.17, 15) is 18.0 Å². The van der Waals surface area contributed by atoms with Gasteiger partial charge in [0.2, 0.25) is 5.88 Å². The Morgan fingerprint density at radius 2 is 2.11 bits per heavy atom. The van der Waals surface area contributed by atoms with Gasteiger partial charge in [0.05, 0.1) is 13.0 Å². The Morgan fingerprint density at radius 3 is 2.61 bits per heavy atom. The highest BCUT2D eigenvalue weighted by Crippen LogP contribution is 2.21. The van der Waals surface area contributed by atoms with Crippen LogP contribution in [-0.2, 0) is 0 Å². The Hall–Kier alpha value is -1.59. The topological polar surface area (TPSA) is 39.2 Å². The lowest BCUT2D eigenvalue weighted by Crippen LogP contribution is -2.14. The molecule has 18 heavy (non-hydrogen) atoms. The quantitative estimate of drug-likeness (QED) is 0.763. The van der Waals surface area contributed by atoms with Crippen LogP contribution in [0, 0.1) is 6.92 Å². The van der Waals surface area contributed by atoms with Crippen molar-refractivity contribution in [1.82, 2.24) is 4.98 Å². The van der Waals surface area contributed by atoms with E-state index in [1.807, 2.05) is 0 Å². The van der Waals surface area contributed by atoms with Crippen LogP contribution in [0.15, 0.2) is 12.3 Å². The molecular formula is C12H14F3NO2. The second-order valence-electron chi connectivity index (χ2n) is 3.84. The number of rotatable bonds is 5. The number of carbonyl (C=O) groups is 1. The number of aromatic nitrogens is 1. The SMILES string of the molecule is CCC(=O)c1cnc(OCCC(F)(F)F)c(C)c1. The maximum Gasteiger partial charge on any atom is 0.392 e. The fraction of sp³-hybridized carbons (Fsp3) is 0.500. The molecule has 0 fully saturated rings. The number of ketones is 1. The van der Waals surface area contributed by atoms with Crippen molar-refractivity contribution in [3.8, 4) is 5.88 Å². The predicted molar refractivity (Wildman–Crippen MR) is 59.8 cm³/mol. The van der Waals surface area contributed by atoms with Crippen molar-refractivity contribution < 1.29 is 22.7 Å². The summed E-state index contributed by atoms with van der Waals surface area (Å²) in [5.41, 5.74) is 0.995. The van der Waals surface area contributed by atoms with Gasteiger partial charge in [-0.1, -0.05) is 6.92 Å². The third kappa shape index (κ3) is 4.35. The highest BCUT2D eigenvalue weighted by atomic mass is 19.4. The van der Waals surface area contributed by atoms with Gasteiger partial charge in [-0.05, 0) is 13.0 Å². The Bertz CT molecular complexity index is 430. The number of halogens is 3. The minimum atomic E-state index is -4.24. The summed E-state index contributed by atoms with van der Waals surface area (Å²) in [6.45, 7) is 2.90. The molecule has 0 radical (unpaired) electrons. The molecular weight excluding hydrogens is 247 g/mol. The van der Waals surface area contributed by atoms with Gasteiger partial charge >= 0.3 is 6.18 Å². The highest BCUT2D eigenvalue weighted by molar-refractivity contribution is 5.95. The zero-order chi connectivity index (χ0) is 13.8. The van der Waals surface area contributed by atoms with Crippen LogP contribution >= 0.6 is 0 Å². The smallest absolute Gasteiger partial charge is 0.392 e.